The van der Waals surface area contributed by atoms with E-state index in [1.807, 2.05) is 13.8 Å². The van der Waals surface area contributed by atoms with Crippen molar-refractivity contribution >= 4 is 21.7 Å². The van der Waals surface area contributed by atoms with Gasteiger partial charge >= 0.3 is 0 Å². The topological polar surface area (TPSA) is 79.4 Å². The minimum Gasteiger partial charge on any atom is -0.307 e. The number of hydrogen-bond acceptors (Lipinski definition) is 4. The number of nitrogens with zero attached hydrogens (tertiary/aromatic N) is 2. The molecule has 1 amide bonds. The first-order chi connectivity index (χ1) is 12.0. The Balaban J connectivity index is 2.16. The van der Waals surface area contributed by atoms with Crippen LogP contribution in [-0.4, -0.2) is 36.7 Å². The second kappa shape index (κ2) is 8.73. The normalized spacial score (nSPS) is 11.5. The van der Waals surface area contributed by atoms with Crippen LogP contribution in [0.4, 0.5) is 5.82 Å². The maximum atomic E-state index is 12.7. The van der Waals surface area contributed by atoms with Crippen molar-refractivity contribution in [3.63, 3.8) is 0 Å². The Bertz CT molecular complexity index is 784. The van der Waals surface area contributed by atoms with Gasteiger partial charge in [0.1, 0.15) is 5.82 Å². The number of amides is 1. The Kier molecular flexibility index (Phi) is 6.66. The monoisotopic (exact) mass is 361 g/mol. The molecule has 0 bridgehead atoms. The molecule has 7 heteroatoms. The summed E-state index contributed by atoms with van der Waals surface area (Å²) in [5.41, 5.74) is 0.377. The lowest BCUT2D eigenvalue weighted by molar-refractivity contribution is 0.102. The summed E-state index contributed by atoms with van der Waals surface area (Å²) in [6, 6.07) is 11.2. The number of benzene rings is 1. The molecule has 0 saturated heterocycles. The fourth-order valence-corrected chi connectivity index (χ4v) is 4.03. The maximum absolute atomic E-state index is 12.7. The molecule has 1 aromatic heterocycles. The van der Waals surface area contributed by atoms with Crippen LogP contribution in [0.1, 0.15) is 37.0 Å². The van der Waals surface area contributed by atoms with Crippen LogP contribution >= 0.6 is 0 Å². The third-order valence-electron chi connectivity index (χ3n) is 3.61. The lowest BCUT2D eigenvalue weighted by Crippen LogP contribution is -2.32. The van der Waals surface area contributed by atoms with E-state index < -0.39 is 10.0 Å². The van der Waals surface area contributed by atoms with Crippen LogP contribution in [0, 0.1) is 0 Å². The highest BCUT2D eigenvalue weighted by atomic mass is 32.2. The lowest BCUT2D eigenvalue weighted by Gasteiger charge is -2.21. The van der Waals surface area contributed by atoms with Gasteiger partial charge < -0.3 is 5.32 Å². The Morgan fingerprint density at radius 1 is 1.04 bits per heavy atom. The first-order valence-electron chi connectivity index (χ1n) is 8.31. The Morgan fingerprint density at radius 3 is 2.20 bits per heavy atom. The highest BCUT2D eigenvalue weighted by Crippen LogP contribution is 2.18. The molecule has 6 nitrogen and oxygen atoms in total. The summed E-state index contributed by atoms with van der Waals surface area (Å²) >= 11 is 0. The average molecular weight is 361 g/mol. The number of sulfonamides is 1. The molecule has 0 atom stereocenters. The number of pyridine rings is 1. The Hall–Kier alpha value is -2.25. The van der Waals surface area contributed by atoms with Crippen molar-refractivity contribution in [3.05, 3.63) is 54.2 Å². The smallest absolute Gasteiger partial charge is 0.256 e. The third-order valence-corrected chi connectivity index (χ3v) is 5.52. The number of carbonyl (C=O) groups is 1. The van der Waals surface area contributed by atoms with Gasteiger partial charge in [0.05, 0.1) is 4.90 Å². The van der Waals surface area contributed by atoms with E-state index in [1.165, 1.54) is 28.6 Å². The molecule has 0 aliphatic rings. The van der Waals surface area contributed by atoms with E-state index in [9.17, 15) is 13.2 Å². The zero-order valence-electron chi connectivity index (χ0n) is 14.5. The fraction of sp³-hybridized carbons (Fsp3) is 0.333. The van der Waals surface area contributed by atoms with Crippen LogP contribution in [0.3, 0.4) is 0 Å². The van der Waals surface area contributed by atoms with Crippen LogP contribution in [-0.2, 0) is 10.0 Å². The van der Waals surface area contributed by atoms with Crippen LogP contribution in [0.5, 0.6) is 0 Å². The first-order valence-corrected chi connectivity index (χ1v) is 9.75. The van der Waals surface area contributed by atoms with Crippen molar-refractivity contribution in [2.24, 2.45) is 0 Å². The van der Waals surface area contributed by atoms with Crippen molar-refractivity contribution in [3.8, 4) is 0 Å². The molecular weight excluding hydrogens is 338 g/mol. The molecule has 0 aliphatic carbocycles. The Labute approximate surface area is 148 Å². The predicted octanol–water partition coefficient (Wildman–Crippen LogP) is 3.14. The average Bonchev–Trinajstić information content (AvgIpc) is 2.62. The zero-order valence-corrected chi connectivity index (χ0v) is 15.3. The van der Waals surface area contributed by atoms with Gasteiger partial charge in [-0.1, -0.05) is 19.9 Å². The molecular formula is C18H23N3O3S. The summed E-state index contributed by atoms with van der Waals surface area (Å²) in [7, 11) is -3.54. The third kappa shape index (κ3) is 4.87. The number of nitrogens with one attached hydrogen (secondary N) is 1. The van der Waals surface area contributed by atoms with Crippen LogP contribution in [0.15, 0.2) is 53.6 Å². The highest BCUT2D eigenvalue weighted by Gasteiger charge is 2.23. The van der Waals surface area contributed by atoms with Gasteiger partial charge in [-0.3, -0.25) is 4.79 Å². The summed E-state index contributed by atoms with van der Waals surface area (Å²) in [5, 5.41) is 2.67. The molecule has 0 radical (unpaired) electrons. The molecule has 0 spiro atoms. The van der Waals surface area contributed by atoms with E-state index in [0.717, 1.165) is 12.8 Å². The molecule has 1 heterocycles. The second-order valence-electron chi connectivity index (χ2n) is 5.60. The van der Waals surface area contributed by atoms with Gasteiger partial charge in [-0.2, -0.15) is 4.31 Å². The van der Waals surface area contributed by atoms with Gasteiger partial charge in [0.15, 0.2) is 0 Å². The van der Waals surface area contributed by atoms with E-state index in [0.29, 0.717) is 24.5 Å². The summed E-state index contributed by atoms with van der Waals surface area (Å²) in [6.07, 6.45) is 3.09. The van der Waals surface area contributed by atoms with Crippen LogP contribution < -0.4 is 5.32 Å². The van der Waals surface area contributed by atoms with Gasteiger partial charge in [0.25, 0.3) is 5.91 Å². The van der Waals surface area contributed by atoms with E-state index in [2.05, 4.69) is 10.3 Å². The molecule has 0 saturated carbocycles. The molecule has 0 aliphatic heterocycles. The van der Waals surface area contributed by atoms with Gasteiger partial charge in [-0.15, -0.1) is 0 Å². The van der Waals surface area contributed by atoms with Gasteiger partial charge in [-0.05, 0) is 49.2 Å². The van der Waals surface area contributed by atoms with Crippen LogP contribution in [0.25, 0.3) is 0 Å². The summed E-state index contributed by atoms with van der Waals surface area (Å²) in [5.74, 6) is 0.114. The summed E-state index contributed by atoms with van der Waals surface area (Å²) in [6.45, 7) is 4.86. The van der Waals surface area contributed by atoms with E-state index in [4.69, 9.17) is 0 Å². The largest absolute Gasteiger partial charge is 0.307 e. The predicted molar refractivity (Wildman–Crippen MR) is 98.0 cm³/mol. The first kappa shape index (κ1) is 19.1. The number of carbonyl (C=O) groups excluding carboxylic acids is 1. The highest BCUT2D eigenvalue weighted by molar-refractivity contribution is 7.89. The van der Waals surface area contributed by atoms with E-state index in [-0.39, 0.29) is 10.8 Å². The Morgan fingerprint density at radius 2 is 1.68 bits per heavy atom. The van der Waals surface area contributed by atoms with Crippen molar-refractivity contribution in [1.82, 2.24) is 9.29 Å². The maximum Gasteiger partial charge on any atom is 0.256 e. The van der Waals surface area contributed by atoms with E-state index >= 15 is 0 Å². The van der Waals surface area contributed by atoms with Crippen LogP contribution in [0.2, 0.25) is 0 Å². The zero-order chi connectivity index (χ0) is 18.3. The number of rotatable bonds is 8. The number of aromatic nitrogens is 1. The summed E-state index contributed by atoms with van der Waals surface area (Å²) < 4.78 is 26.9. The molecule has 0 unspecified atom stereocenters. The van der Waals surface area contributed by atoms with Crippen molar-refractivity contribution in [1.29, 1.82) is 0 Å². The van der Waals surface area contributed by atoms with Gasteiger partial charge in [-0.25, -0.2) is 13.4 Å². The molecule has 2 aromatic rings. The SMILES string of the molecule is CCCN(CCC)S(=O)(=O)c1ccc(C(=O)Nc2ccccn2)cc1. The van der Waals surface area contributed by atoms with Crippen molar-refractivity contribution < 1.29 is 13.2 Å². The molecule has 1 aromatic carbocycles. The van der Waals surface area contributed by atoms with Crippen molar-refractivity contribution in [2.45, 2.75) is 31.6 Å². The summed E-state index contributed by atoms with van der Waals surface area (Å²) in [4.78, 5) is 16.4. The molecule has 2 rings (SSSR count). The minimum atomic E-state index is -3.54. The molecule has 134 valence electrons. The minimum absolute atomic E-state index is 0.198. The lowest BCUT2D eigenvalue weighted by atomic mass is 10.2. The van der Waals surface area contributed by atoms with Crippen molar-refractivity contribution in [2.75, 3.05) is 18.4 Å². The number of hydrogen-bond donors (Lipinski definition) is 1. The number of anilines is 1. The molecule has 0 fully saturated rings. The van der Waals surface area contributed by atoms with Gasteiger partial charge in [0.2, 0.25) is 10.0 Å². The quantitative estimate of drug-likeness (QED) is 0.783. The fourth-order valence-electron chi connectivity index (χ4n) is 2.40. The van der Waals surface area contributed by atoms with E-state index in [1.54, 1.807) is 24.4 Å². The second-order valence-corrected chi connectivity index (χ2v) is 7.54. The molecule has 1 N–H and O–H groups in total. The van der Waals surface area contributed by atoms with Gasteiger partial charge in [0, 0.05) is 24.8 Å². The standard InChI is InChI=1S/C18H23N3O3S/c1-3-13-21(14-4-2)25(23,24)16-10-8-15(9-11-16)18(22)20-17-7-5-6-12-19-17/h5-12H,3-4,13-14H2,1-2H3,(H,19,20,22). The molecule has 25 heavy (non-hydrogen) atoms.